The minimum Gasteiger partial charge on any atom is -0.388 e. The van der Waals surface area contributed by atoms with Gasteiger partial charge < -0.3 is 10.0 Å². The molecular formula is C16H24FNO. The van der Waals surface area contributed by atoms with Crippen LogP contribution in [-0.4, -0.2) is 29.6 Å². The van der Waals surface area contributed by atoms with Crippen molar-refractivity contribution >= 4 is 0 Å². The van der Waals surface area contributed by atoms with E-state index in [2.05, 4.69) is 18.7 Å². The topological polar surface area (TPSA) is 23.5 Å². The molecule has 0 aromatic heterocycles. The van der Waals surface area contributed by atoms with Gasteiger partial charge in [-0.3, -0.25) is 0 Å². The van der Waals surface area contributed by atoms with Gasteiger partial charge >= 0.3 is 0 Å². The first-order valence-electron chi connectivity index (χ1n) is 7.14. The van der Waals surface area contributed by atoms with Crippen LogP contribution in [0, 0.1) is 24.6 Å². The van der Waals surface area contributed by atoms with Crippen LogP contribution >= 0.6 is 0 Å². The Morgan fingerprint density at radius 2 is 1.95 bits per heavy atom. The minimum absolute atomic E-state index is 0.236. The fraction of sp³-hybridized carbons (Fsp3) is 0.625. The molecule has 0 saturated carbocycles. The van der Waals surface area contributed by atoms with E-state index in [1.807, 2.05) is 6.07 Å². The molecule has 2 nitrogen and oxygen atoms in total. The van der Waals surface area contributed by atoms with E-state index < -0.39 is 6.10 Å². The van der Waals surface area contributed by atoms with Crippen molar-refractivity contribution in [2.45, 2.75) is 33.3 Å². The summed E-state index contributed by atoms with van der Waals surface area (Å²) in [5.74, 6) is 1.22. The smallest absolute Gasteiger partial charge is 0.126 e. The SMILES string of the molecule is Cc1ccc(C(O)CCN2CC(C)C(C)C2)cc1F. The third kappa shape index (κ3) is 3.54. The van der Waals surface area contributed by atoms with Gasteiger partial charge in [-0.25, -0.2) is 4.39 Å². The molecule has 0 radical (unpaired) electrons. The summed E-state index contributed by atoms with van der Waals surface area (Å²) < 4.78 is 13.5. The number of likely N-dealkylation sites (tertiary alicyclic amines) is 1. The van der Waals surface area contributed by atoms with Crippen LogP contribution in [0.1, 0.15) is 37.5 Å². The van der Waals surface area contributed by atoms with Crippen LogP contribution in [0.3, 0.4) is 0 Å². The standard InChI is InChI=1S/C16H24FNO/c1-11-4-5-14(8-15(11)17)16(19)6-7-18-9-12(2)13(3)10-18/h4-5,8,12-13,16,19H,6-7,9-10H2,1-3H3. The second kappa shape index (κ2) is 6.02. The van der Waals surface area contributed by atoms with Gasteiger partial charge in [-0.1, -0.05) is 26.0 Å². The third-order valence-electron chi connectivity index (χ3n) is 4.36. The van der Waals surface area contributed by atoms with Crippen molar-refractivity contribution in [1.29, 1.82) is 0 Å². The Morgan fingerprint density at radius 3 is 2.53 bits per heavy atom. The molecule has 0 spiro atoms. The van der Waals surface area contributed by atoms with Gasteiger partial charge in [0, 0.05) is 19.6 Å². The predicted molar refractivity (Wildman–Crippen MR) is 75.5 cm³/mol. The van der Waals surface area contributed by atoms with E-state index in [1.54, 1.807) is 13.0 Å². The molecule has 1 fully saturated rings. The molecule has 2 rings (SSSR count). The van der Waals surface area contributed by atoms with Crippen molar-refractivity contribution in [2.75, 3.05) is 19.6 Å². The van der Waals surface area contributed by atoms with Crippen molar-refractivity contribution < 1.29 is 9.50 Å². The zero-order valence-corrected chi connectivity index (χ0v) is 12.1. The van der Waals surface area contributed by atoms with Crippen LogP contribution in [-0.2, 0) is 0 Å². The van der Waals surface area contributed by atoms with E-state index in [0.29, 0.717) is 17.5 Å². The number of rotatable bonds is 4. The van der Waals surface area contributed by atoms with Crippen molar-refractivity contribution in [1.82, 2.24) is 4.90 Å². The highest BCUT2D eigenvalue weighted by molar-refractivity contribution is 5.24. The first-order chi connectivity index (χ1) is 8.97. The number of aliphatic hydroxyl groups is 1. The van der Waals surface area contributed by atoms with E-state index in [0.717, 1.165) is 31.5 Å². The van der Waals surface area contributed by atoms with E-state index in [-0.39, 0.29) is 5.82 Å². The number of aryl methyl sites for hydroxylation is 1. The number of hydrogen-bond donors (Lipinski definition) is 1. The summed E-state index contributed by atoms with van der Waals surface area (Å²) in [5.41, 5.74) is 1.31. The molecule has 0 aliphatic carbocycles. The number of halogens is 1. The first-order valence-corrected chi connectivity index (χ1v) is 7.14. The number of aliphatic hydroxyl groups excluding tert-OH is 1. The van der Waals surface area contributed by atoms with Crippen molar-refractivity contribution in [3.8, 4) is 0 Å². The van der Waals surface area contributed by atoms with Crippen molar-refractivity contribution in [3.63, 3.8) is 0 Å². The molecule has 0 amide bonds. The molecule has 1 aliphatic heterocycles. The Bertz CT molecular complexity index is 425. The van der Waals surface area contributed by atoms with Gasteiger partial charge in [0.1, 0.15) is 5.82 Å². The molecular weight excluding hydrogens is 241 g/mol. The van der Waals surface area contributed by atoms with Gasteiger partial charge in [-0.05, 0) is 42.4 Å². The highest BCUT2D eigenvalue weighted by atomic mass is 19.1. The largest absolute Gasteiger partial charge is 0.388 e. The zero-order chi connectivity index (χ0) is 14.0. The van der Waals surface area contributed by atoms with Gasteiger partial charge in [0.05, 0.1) is 6.10 Å². The summed E-state index contributed by atoms with van der Waals surface area (Å²) in [5, 5.41) is 10.1. The lowest BCUT2D eigenvalue weighted by molar-refractivity contribution is 0.147. The summed E-state index contributed by atoms with van der Waals surface area (Å²) in [6.45, 7) is 9.38. The summed E-state index contributed by atoms with van der Waals surface area (Å²) in [4.78, 5) is 2.39. The number of hydrogen-bond acceptors (Lipinski definition) is 2. The molecule has 1 heterocycles. The van der Waals surface area contributed by atoms with E-state index in [4.69, 9.17) is 0 Å². The summed E-state index contributed by atoms with van der Waals surface area (Å²) in [6, 6.07) is 5.00. The van der Waals surface area contributed by atoms with Gasteiger partial charge in [0.25, 0.3) is 0 Å². The lowest BCUT2D eigenvalue weighted by Gasteiger charge is -2.18. The van der Waals surface area contributed by atoms with Gasteiger partial charge in [0.15, 0.2) is 0 Å². The Balaban J connectivity index is 1.87. The maximum Gasteiger partial charge on any atom is 0.126 e. The molecule has 19 heavy (non-hydrogen) atoms. The summed E-state index contributed by atoms with van der Waals surface area (Å²) in [6.07, 6.45) is 0.100. The quantitative estimate of drug-likeness (QED) is 0.904. The van der Waals surface area contributed by atoms with Gasteiger partial charge in [-0.2, -0.15) is 0 Å². The maximum absolute atomic E-state index is 13.5. The Hall–Kier alpha value is -0.930. The van der Waals surface area contributed by atoms with Crippen LogP contribution in [0.2, 0.25) is 0 Å². The molecule has 106 valence electrons. The van der Waals surface area contributed by atoms with E-state index in [9.17, 15) is 9.50 Å². The normalized spacial score (nSPS) is 25.7. The van der Waals surface area contributed by atoms with Crippen LogP contribution < -0.4 is 0 Å². The lowest BCUT2D eigenvalue weighted by Crippen LogP contribution is -2.23. The van der Waals surface area contributed by atoms with Gasteiger partial charge in [0.2, 0.25) is 0 Å². The Morgan fingerprint density at radius 1 is 1.32 bits per heavy atom. The van der Waals surface area contributed by atoms with E-state index in [1.165, 1.54) is 6.07 Å². The molecule has 1 saturated heterocycles. The lowest BCUT2D eigenvalue weighted by atomic mass is 10.0. The Kier molecular flexibility index (Phi) is 4.58. The van der Waals surface area contributed by atoms with Gasteiger partial charge in [-0.15, -0.1) is 0 Å². The molecule has 3 atom stereocenters. The van der Waals surface area contributed by atoms with Crippen LogP contribution in [0.4, 0.5) is 4.39 Å². The monoisotopic (exact) mass is 265 g/mol. The van der Waals surface area contributed by atoms with Crippen LogP contribution in [0.15, 0.2) is 18.2 Å². The number of benzene rings is 1. The zero-order valence-electron chi connectivity index (χ0n) is 12.1. The van der Waals surface area contributed by atoms with E-state index >= 15 is 0 Å². The fourth-order valence-electron chi connectivity index (χ4n) is 2.72. The molecule has 3 heteroatoms. The molecule has 1 N–H and O–H groups in total. The molecule has 1 aromatic carbocycles. The maximum atomic E-state index is 13.5. The second-order valence-electron chi connectivity index (χ2n) is 6.03. The summed E-state index contributed by atoms with van der Waals surface area (Å²) in [7, 11) is 0. The highest BCUT2D eigenvalue weighted by Gasteiger charge is 2.26. The van der Waals surface area contributed by atoms with Crippen molar-refractivity contribution in [3.05, 3.63) is 35.1 Å². The predicted octanol–water partition coefficient (Wildman–Crippen LogP) is 3.15. The van der Waals surface area contributed by atoms with Crippen molar-refractivity contribution in [2.24, 2.45) is 11.8 Å². The number of nitrogens with zero attached hydrogens (tertiary/aromatic N) is 1. The molecule has 1 aliphatic rings. The van der Waals surface area contributed by atoms with Crippen LogP contribution in [0.5, 0.6) is 0 Å². The molecule has 3 unspecified atom stereocenters. The van der Waals surface area contributed by atoms with Crippen LogP contribution in [0.25, 0.3) is 0 Å². The average Bonchev–Trinajstić information content (AvgIpc) is 2.69. The fourth-order valence-corrected chi connectivity index (χ4v) is 2.72. The minimum atomic E-state index is -0.568. The molecule has 1 aromatic rings. The third-order valence-corrected chi connectivity index (χ3v) is 4.36. The summed E-state index contributed by atoms with van der Waals surface area (Å²) >= 11 is 0. The highest BCUT2D eigenvalue weighted by Crippen LogP contribution is 2.24. The Labute approximate surface area is 115 Å². The first kappa shape index (κ1) is 14.5. The average molecular weight is 265 g/mol. The molecule has 0 bridgehead atoms. The second-order valence-corrected chi connectivity index (χ2v) is 6.03.